The van der Waals surface area contributed by atoms with E-state index in [2.05, 4.69) is 34.0 Å². The summed E-state index contributed by atoms with van der Waals surface area (Å²) in [6.45, 7) is 7.77. The van der Waals surface area contributed by atoms with Crippen LogP contribution < -0.4 is 15.0 Å². The zero-order chi connectivity index (χ0) is 23.8. The molecule has 0 unspecified atom stereocenters. The Balaban J connectivity index is 1.61. The molecule has 1 aromatic heterocycles. The number of amides is 1. The van der Waals surface area contributed by atoms with Crippen LogP contribution in [0.15, 0.2) is 81.3 Å². The number of anilines is 1. The second-order valence-corrected chi connectivity index (χ2v) is 9.05. The molecule has 3 aromatic rings. The minimum Gasteiger partial charge on any atom is -0.468 e. The molecule has 0 fully saturated rings. The highest BCUT2D eigenvalue weighted by atomic mass is 32.2. The molecule has 0 aliphatic rings. The van der Waals surface area contributed by atoms with Gasteiger partial charge in [0, 0.05) is 24.3 Å². The number of nitrogens with one attached hydrogen (secondary N) is 2. The zero-order valence-corrected chi connectivity index (χ0v) is 19.7. The van der Waals surface area contributed by atoms with Crippen molar-refractivity contribution in [3.63, 3.8) is 0 Å². The Kier molecular flexibility index (Phi) is 8.02. The molecule has 0 aliphatic heterocycles. The minimum atomic E-state index is -3.68. The number of benzene rings is 2. The van der Waals surface area contributed by atoms with Crippen molar-refractivity contribution in [3.8, 4) is 0 Å². The maximum atomic E-state index is 12.4. The number of carbonyl (C=O) groups excluding carboxylic acids is 1. The predicted molar refractivity (Wildman–Crippen MR) is 129 cm³/mol. The Morgan fingerprint density at radius 2 is 1.61 bits per heavy atom. The summed E-state index contributed by atoms with van der Waals surface area (Å²) in [5, 5.41) is 4.15. The van der Waals surface area contributed by atoms with Crippen LogP contribution in [0.25, 0.3) is 0 Å². The summed E-state index contributed by atoms with van der Waals surface area (Å²) in [7, 11) is -3.68. The fraction of sp³-hybridized carbons (Fsp3) is 0.250. The van der Waals surface area contributed by atoms with Crippen LogP contribution in [0.4, 0.5) is 5.69 Å². The van der Waals surface area contributed by atoms with Crippen LogP contribution in [0, 0.1) is 0 Å². The van der Waals surface area contributed by atoms with E-state index in [0.717, 1.165) is 18.8 Å². The first-order chi connectivity index (χ1) is 15.8. The fourth-order valence-corrected chi connectivity index (χ4v) is 4.21. The van der Waals surface area contributed by atoms with E-state index < -0.39 is 10.0 Å². The molecule has 1 amide bonds. The molecule has 0 atom stereocenters. The Hall–Kier alpha value is -3.43. The van der Waals surface area contributed by atoms with Gasteiger partial charge in [-0.2, -0.15) is 5.10 Å². The Labute approximate surface area is 194 Å². The van der Waals surface area contributed by atoms with Crippen LogP contribution in [0.5, 0.6) is 0 Å². The third-order valence-electron chi connectivity index (χ3n) is 5.18. The smallest absolute Gasteiger partial charge is 0.271 e. The molecule has 0 radical (unpaired) electrons. The molecule has 9 heteroatoms. The molecule has 8 nitrogen and oxygen atoms in total. The van der Waals surface area contributed by atoms with Gasteiger partial charge in [-0.15, -0.1) is 0 Å². The molecule has 0 bridgehead atoms. The molecular formula is C24H28N4O4S. The maximum absolute atomic E-state index is 12.4. The van der Waals surface area contributed by atoms with E-state index >= 15 is 0 Å². The molecule has 3 rings (SSSR count). The Morgan fingerprint density at radius 3 is 2.18 bits per heavy atom. The summed E-state index contributed by atoms with van der Waals surface area (Å²) in [6, 6.07) is 17.0. The van der Waals surface area contributed by atoms with E-state index in [1.807, 2.05) is 12.1 Å². The molecule has 2 N–H and O–H groups in total. The van der Waals surface area contributed by atoms with Crippen molar-refractivity contribution >= 4 is 27.3 Å². The number of sulfonamides is 1. The van der Waals surface area contributed by atoms with Gasteiger partial charge in [0.25, 0.3) is 5.91 Å². The van der Waals surface area contributed by atoms with Gasteiger partial charge in [-0.1, -0.05) is 12.1 Å². The van der Waals surface area contributed by atoms with E-state index in [9.17, 15) is 13.2 Å². The van der Waals surface area contributed by atoms with Gasteiger partial charge in [0.05, 0.1) is 23.4 Å². The van der Waals surface area contributed by atoms with Crippen molar-refractivity contribution in [2.24, 2.45) is 5.10 Å². The van der Waals surface area contributed by atoms with Crippen molar-refractivity contribution in [1.29, 1.82) is 0 Å². The molecule has 2 aromatic carbocycles. The Bertz CT molecular complexity index is 1180. The van der Waals surface area contributed by atoms with Crippen LogP contribution in [0.3, 0.4) is 0 Å². The van der Waals surface area contributed by atoms with Crippen molar-refractivity contribution in [2.45, 2.75) is 32.2 Å². The first-order valence-electron chi connectivity index (χ1n) is 10.7. The van der Waals surface area contributed by atoms with Gasteiger partial charge in [0.1, 0.15) is 5.76 Å². The summed E-state index contributed by atoms with van der Waals surface area (Å²) >= 11 is 0. The van der Waals surface area contributed by atoms with E-state index in [0.29, 0.717) is 22.6 Å². The van der Waals surface area contributed by atoms with Crippen molar-refractivity contribution < 1.29 is 17.6 Å². The summed E-state index contributed by atoms with van der Waals surface area (Å²) in [6.07, 6.45) is 1.49. The van der Waals surface area contributed by atoms with Gasteiger partial charge in [-0.05, 0) is 74.9 Å². The first-order valence-corrected chi connectivity index (χ1v) is 12.1. The van der Waals surface area contributed by atoms with Gasteiger partial charge in [0.2, 0.25) is 10.0 Å². The quantitative estimate of drug-likeness (QED) is 0.348. The van der Waals surface area contributed by atoms with Crippen molar-refractivity contribution in [3.05, 3.63) is 83.8 Å². The van der Waals surface area contributed by atoms with Crippen molar-refractivity contribution in [1.82, 2.24) is 10.1 Å². The third-order valence-corrected chi connectivity index (χ3v) is 6.60. The summed E-state index contributed by atoms with van der Waals surface area (Å²) in [5.41, 5.74) is 5.36. The molecule has 33 heavy (non-hydrogen) atoms. The third kappa shape index (κ3) is 6.30. The largest absolute Gasteiger partial charge is 0.468 e. The van der Waals surface area contributed by atoms with Gasteiger partial charge in [-0.25, -0.2) is 18.6 Å². The molecule has 0 aliphatic carbocycles. The second-order valence-electron chi connectivity index (χ2n) is 7.29. The molecule has 0 saturated carbocycles. The number of hydrogen-bond donors (Lipinski definition) is 2. The van der Waals surface area contributed by atoms with E-state index in [1.165, 1.54) is 18.4 Å². The van der Waals surface area contributed by atoms with Crippen LogP contribution in [-0.4, -0.2) is 33.1 Å². The number of furan rings is 1. The highest BCUT2D eigenvalue weighted by molar-refractivity contribution is 7.89. The second kappa shape index (κ2) is 10.9. The number of carbonyl (C=O) groups is 1. The summed E-state index contributed by atoms with van der Waals surface area (Å²) < 4.78 is 32.5. The van der Waals surface area contributed by atoms with E-state index in [1.54, 1.807) is 43.3 Å². The monoisotopic (exact) mass is 468 g/mol. The van der Waals surface area contributed by atoms with Gasteiger partial charge in [-0.3, -0.25) is 4.79 Å². The summed E-state index contributed by atoms with van der Waals surface area (Å²) in [4.78, 5) is 14.8. The van der Waals surface area contributed by atoms with Crippen LogP contribution in [0.1, 0.15) is 42.5 Å². The van der Waals surface area contributed by atoms with Crippen LogP contribution in [0.2, 0.25) is 0 Å². The summed E-state index contributed by atoms with van der Waals surface area (Å²) in [5.74, 6) is 0.207. The van der Waals surface area contributed by atoms with Gasteiger partial charge < -0.3 is 9.32 Å². The highest BCUT2D eigenvalue weighted by Crippen LogP contribution is 2.15. The lowest BCUT2D eigenvalue weighted by atomic mass is 10.1. The normalized spacial score (nSPS) is 11.9. The van der Waals surface area contributed by atoms with Gasteiger partial charge >= 0.3 is 0 Å². The lowest BCUT2D eigenvalue weighted by Crippen LogP contribution is -2.23. The molecule has 0 spiro atoms. The van der Waals surface area contributed by atoms with Crippen LogP contribution >= 0.6 is 0 Å². The Morgan fingerprint density at radius 1 is 0.970 bits per heavy atom. The predicted octanol–water partition coefficient (Wildman–Crippen LogP) is 3.76. The lowest BCUT2D eigenvalue weighted by molar-refractivity contribution is 0.0955. The molecule has 1 heterocycles. The highest BCUT2D eigenvalue weighted by Gasteiger charge is 2.15. The van der Waals surface area contributed by atoms with Crippen LogP contribution in [-0.2, 0) is 16.6 Å². The number of hydrazone groups is 1. The fourth-order valence-electron chi connectivity index (χ4n) is 3.21. The number of nitrogens with zero attached hydrogens (tertiary/aromatic N) is 2. The zero-order valence-electron chi connectivity index (χ0n) is 18.9. The number of rotatable bonds is 10. The van der Waals surface area contributed by atoms with E-state index in [-0.39, 0.29) is 17.3 Å². The maximum Gasteiger partial charge on any atom is 0.271 e. The van der Waals surface area contributed by atoms with Gasteiger partial charge in [0.15, 0.2) is 0 Å². The lowest BCUT2D eigenvalue weighted by Gasteiger charge is -2.20. The standard InChI is InChI=1S/C24H28N4O4S/c1-4-28(5-2)21-12-8-20(9-13-21)24(29)27-26-18(3)19-10-14-23(15-11-19)33(30,31)25-17-22-7-6-16-32-22/h6-16,25H,4-5,17H2,1-3H3,(H,27,29)/b26-18+. The minimum absolute atomic E-state index is 0.0690. The SMILES string of the molecule is CCN(CC)c1ccc(C(=O)N/N=C(\C)c2ccc(S(=O)(=O)NCc3ccco3)cc2)cc1. The van der Waals surface area contributed by atoms with E-state index in [4.69, 9.17) is 4.42 Å². The average molecular weight is 469 g/mol. The number of hydrogen-bond acceptors (Lipinski definition) is 6. The average Bonchev–Trinajstić information content (AvgIpc) is 3.36. The topological polar surface area (TPSA) is 104 Å². The van der Waals surface area contributed by atoms with Crippen molar-refractivity contribution in [2.75, 3.05) is 18.0 Å². The first kappa shape index (κ1) is 24.2. The molecule has 174 valence electrons. The molecular weight excluding hydrogens is 440 g/mol. The molecule has 0 saturated heterocycles.